The summed E-state index contributed by atoms with van der Waals surface area (Å²) in [4.78, 5) is 0. The summed E-state index contributed by atoms with van der Waals surface area (Å²) in [5.41, 5.74) is 1.68. The summed E-state index contributed by atoms with van der Waals surface area (Å²) < 4.78 is 5.99. The van der Waals surface area contributed by atoms with E-state index in [1.165, 1.54) is 16.3 Å². The number of aryl methyl sites for hydroxylation is 1. The van der Waals surface area contributed by atoms with Crippen LogP contribution in [0.3, 0.4) is 0 Å². The molecule has 0 aliphatic rings. The number of benzene rings is 3. The van der Waals surface area contributed by atoms with Crippen LogP contribution < -0.4 is 4.74 Å². The third kappa shape index (κ3) is 3.93. The zero-order valence-corrected chi connectivity index (χ0v) is 13.8. The van der Waals surface area contributed by atoms with Crippen LogP contribution in [0.25, 0.3) is 10.8 Å². The Bertz CT molecular complexity index is 877. The molecule has 0 atom stereocenters. The molecule has 0 radical (unpaired) electrons. The lowest BCUT2D eigenvalue weighted by Gasteiger charge is -2.20. The minimum atomic E-state index is -0.541. The van der Waals surface area contributed by atoms with Crippen molar-refractivity contribution in [2.24, 2.45) is 0 Å². The van der Waals surface area contributed by atoms with Crippen LogP contribution in [-0.2, 0) is 0 Å². The molecule has 0 fully saturated rings. The Hall–Kier alpha value is -2.72. The van der Waals surface area contributed by atoms with Gasteiger partial charge in [-0.15, -0.1) is 0 Å². The predicted octanol–water partition coefficient (Wildman–Crippen LogP) is 5.36. The first-order valence-corrected chi connectivity index (χ1v) is 7.79. The van der Waals surface area contributed by atoms with Gasteiger partial charge in [0.2, 0.25) is 0 Å². The lowest BCUT2D eigenvalue weighted by Crippen LogP contribution is -2.25. The monoisotopic (exact) mass is 300 g/mol. The summed E-state index contributed by atoms with van der Waals surface area (Å²) in [5, 5.41) is 2.43. The fourth-order valence-electron chi connectivity index (χ4n) is 2.42. The highest BCUT2D eigenvalue weighted by molar-refractivity contribution is 5.83. The van der Waals surface area contributed by atoms with Crippen LogP contribution in [-0.4, -0.2) is 5.60 Å². The van der Waals surface area contributed by atoms with E-state index in [0.717, 1.165) is 11.3 Å². The zero-order valence-electron chi connectivity index (χ0n) is 13.8. The van der Waals surface area contributed by atoms with Crippen molar-refractivity contribution < 1.29 is 4.74 Å². The summed E-state index contributed by atoms with van der Waals surface area (Å²) in [6, 6.07) is 22.6. The van der Waals surface area contributed by atoms with Crippen molar-refractivity contribution in [2.75, 3.05) is 0 Å². The van der Waals surface area contributed by atoms with Crippen molar-refractivity contribution >= 4 is 10.8 Å². The maximum Gasteiger partial charge on any atom is 0.164 e. The van der Waals surface area contributed by atoms with Gasteiger partial charge < -0.3 is 4.74 Å². The Balaban J connectivity index is 1.81. The van der Waals surface area contributed by atoms with Crippen molar-refractivity contribution in [1.82, 2.24) is 0 Å². The van der Waals surface area contributed by atoms with Gasteiger partial charge >= 0.3 is 0 Å². The zero-order chi connectivity index (χ0) is 16.3. The van der Waals surface area contributed by atoms with Gasteiger partial charge in [-0.05, 0) is 55.8 Å². The number of hydrogen-bond donors (Lipinski definition) is 0. The van der Waals surface area contributed by atoms with Crippen molar-refractivity contribution in [3.8, 4) is 17.6 Å². The number of hydrogen-bond acceptors (Lipinski definition) is 1. The fraction of sp³-hybridized carbons (Fsp3) is 0.182. The molecule has 3 rings (SSSR count). The van der Waals surface area contributed by atoms with Crippen LogP contribution in [0.2, 0.25) is 0 Å². The molecule has 0 N–H and O–H groups in total. The van der Waals surface area contributed by atoms with E-state index in [1.807, 2.05) is 50.2 Å². The van der Waals surface area contributed by atoms with Gasteiger partial charge in [0.1, 0.15) is 5.75 Å². The van der Waals surface area contributed by atoms with Crippen LogP contribution in [0.15, 0.2) is 66.7 Å². The molecule has 1 nitrogen and oxygen atoms in total. The molecule has 1 heteroatoms. The summed E-state index contributed by atoms with van der Waals surface area (Å²) >= 11 is 0. The molecule has 0 spiro atoms. The van der Waals surface area contributed by atoms with Gasteiger partial charge in [0.15, 0.2) is 5.60 Å². The molecule has 3 aromatic carbocycles. The van der Waals surface area contributed by atoms with Gasteiger partial charge in [-0.1, -0.05) is 59.9 Å². The largest absolute Gasteiger partial charge is 0.475 e. The topological polar surface area (TPSA) is 9.23 Å². The molecule has 0 aliphatic heterocycles. The van der Waals surface area contributed by atoms with E-state index in [4.69, 9.17) is 4.74 Å². The second-order valence-corrected chi connectivity index (χ2v) is 6.24. The molecule has 0 bridgehead atoms. The first-order valence-electron chi connectivity index (χ1n) is 7.79. The Morgan fingerprint density at radius 1 is 0.826 bits per heavy atom. The Morgan fingerprint density at radius 2 is 1.52 bits per heavy atom. The van der Waals surface area contributed by atoms with Crippen LogP contribution in [0, 0.1) is 18.8 Å². The maximum atomic E-state index is 5.99. The molecule has 0 saturated heterocycles. The molecule has 0 unspecified atom stereocenters. The molecular weight excluding hydrogens is 280 g/mol. The van der Waals surface area contributed by atoms with Crippen molar-refractivity contribution in [3.63, 3.8) is 0 Å². The quantitative estimate of drug-likeness (QED) is 0.579. The van der Waals surface area contributed by atoms with Gasteiger partial charge in [-0.2, -0.15) is 0 Å². The van der Waals surface area contributed by atoms with Gasteiger partial charge in [0.05, 0.1) is 0 Å². The first kappa shape index (κ1) is 15.2. The second kappa shape index (κ2) is 6.18. The van der Waals surface area contributed by atoms with Crippen LogP contribution in [0.5, 0.6) is 5.75 Å². The maximum absolute atomic E-state index is 5.99. The average molecular weight is 300 g/mol. The highest BCUT2D eigenvalue weighted by atomic mass is 16.5. The summed E-state index contributed by atoms with van der Waals surface area (Å²) in [6.45, 7) is 6.04. The molecule has 114 valence electrons. The van der Waals surface area contributed by atoms with E-state index in [1.54, 1.807) is 0 Å². The molecule has 0 saturated carbocycles. The third-order valence-electron chi connectivity index (χ3n) is 3.65. The lowest BCUT2D eigenvalue weighted by molar-refractivity contribution is 0.172. The Morgan fingerprint density at radius 3 is 2.26 bits per heavy atom. The molecule has 0 heterocycles. The standard InChI is InChI=1S/C22H20O/c1-17-8-12-21(13-9-17)23-22(2,3)15-14-18-10-11-19-6-4-5-7-20(19)16-18/h4-13,16H,1-3H3. The predicted molar refractivity (Wildman–Crippen MR) is 96.7 cm³/mol. The summed E-state index contributed by atoms with van der Waals surface area (Å²) in [7, 11) is 0. The van der Waals surface area contributed by atoms with E-state index in [0.29, 0.717) is 0 Å². The normalized spacial score (nSPS) is 10.9. The van der Waals surface area contributed by atoms with Gasteiger partial charge in [-0.3, -0.25) is 0 Å². The molecule has 3 aromatic rings. The van der Waals surface area contributed by atoms with Crippen molar-refractivity contribution in [3.05, 3.63) is 77.9 Å². The molecule has 0 amide bonds. The Kier molecular flexibility index (Phi) is 4.08. The number of rotatable bonds is 2. The van der Waals surface area contributed by atoms with Crippen molar-refractivity contribution in [2.45, 2.75) is 26.4 Å². The van der Waals surface area contributed by atoms with E-state index >= 15 is 0 Å². The number of ether oxygens (including phenoxy) is 1. The first-order chi connectivity index (χ1) is 11.0. The number of fused-ring (bicyclic) bond motifs is 1. The second-order valence-electron chi connectivity index (χ2n) is 6.24. The average Bonchev–Trinajstić information content (AvgIpc) is 2.55. The van der Waals surface area contributed by atoms with E-state index in [2.05, 4.69) is 49.1 Å². The Labute approximate surface area is 137 Å². The molecule has 0 aliphatic carbocycles. The van der Waals surface area contributed by atoms with Gasteiger partial charge in [0.25, 0.3) is 0 Å². The van der Waals surface area contributed by atoms with E-state index in [9.17, 15) is 0 Å². The highest BCUT2D eigenvalue weighted by Crippen LogP contribution is 2.19. The SMILES string of the molecule is Cc1ccc(OC(C)(C)C#Cc2ccc3ccccc3c2)cc1. The summed E-state index contributed by atoms with van der Waals surface area (Å²) in [6.07, 6.45) is 0. The van der Waals surface area contributed by atoms with Crippen LogP contribution in [0.4, 0.5) is 0 Å². The minimum Gasteiger partial charge on any atom is -0.475 e. The third-order valence-corrected chi connectivity index (χ3v) is 3.65. The van der Waals surface area contributed by atoms with Gasteiger partial charge in [-0.25, -0.2) is 0 Å². The minimum absolute atomic E-state index is 0.541. The summed E-state index contributed by atoms with van der Waals surface area (Å²) in [5.74, 6) is 7.31. The van der Waals surface area contributed by atoms with Gasteiger partial charge in [0, 0.05) is 5.56 Å². The van der Waals surface area contributed by atoms with E-state index in [-0.39, 0.29) is 0 Å². The smallest absolute Gasteiger partial charge is 0.164 e. The molecule has 0 aromatic heterocycles. The molecule has 23 heavy (non-hydrogen) atoms. The molecular formula is C22H20O. The van der Waals surface area contributed by atoms with Crippen LogP contribution >= 0.6 is 0 Å². The fourth-order valence-corrected chi connectivity index (χ4v) is 2.42. The van der Waals surface area contributed by atoms with Crippen LogP contribution in [0.1, 0.15) is 25.0 Å². The van der Waals surface area contributed by atoms with E-state index < -0.39 is 5.60 Å². The van der Waals surface area contributed by atoms with Crippen molar-refractivity contribution in [1.29, 1.82) is 0 Å². The lowest BCUT2D eigenvalue weighted by atomic mass is 10.1. The highest BCUT2D eigenvalue weighted by Gasteiger charge is 2.15.